The molecule has 1 aliphatic rings. The fourth-order valence-electron chi connectivity index (χ4n) is 1.11. The summed E-state index contributed by atoms with van der Waals surface area (Å²) < 4.78 is 0. The number of amidine groups is 1. The molecule has 0 bridgehead atoms. The summed E-state index contributed by atoms with van der Waals surface area (Å²) in [7, 11) is 0. The van der Waals surface area contributed by atoms with Gasteiger partial charge in [0.25, 0.3) is 0 Å². The van der Waals surface area contributed by atoms with Crippen molar-refractivity contribution in [2.75, 3.05) is 17.6 Å². The van der Waals surface area contributed by atoms with E-state index in [4.69, 9.17) is 0 Å². The maximum Gasteiger partial charge on any atom is 0.161 e. The van der Waals surface area contributed by atoms with Crippen molar-refractivity contribution in [3.05, 3.63) is 24.3 Å². The van der Waals surface area contributed by atoms with Crippen LogP contribution in [0.15, 0.2) is 29.3 Å². The topological polar surface area (TPSA) is 44.6 Å². The third kappa shape index (κ3) is 1.95. The number of phenolic OH excluding ortho intramolecular Hbond substituents is 1. The molecule has 0 spiro atoms. The Labute approximate surface area is 80.9 Å². The normalized spacial score (nSPS) is 15.5. The summed E-state index contributed by atoms with van der Waals surface area (Å²) >= 11 is 1.67. The Balaban J connectivity index is 2.13. The van der Waals surface area contributed by atoms with Crippen LogP contribution in [0.25, 0.3) is 0 Å². The van der Waals surface area contributed by atoms with Gasteiger partial charge < -0.3 is 10.4 Å². The van der Waals surface area contributed by atoms with Crippen molar-refractivity contribution in [1.82, 2.24) is 0 Å². The molecule has 1 heterocycles. The molecule has 0 fully saturated rings. The van der Waals surface area contributed by atoms with Gasteiger partial charge in [-0.3, -0.25) is 4.99 Å². The lowest BCUT2D eigenvalue weighted by Crippen LogP contribution is -2.04. The minimum absolute atomic E-state index is 0.262. The van der Waals surface area contributed by atoms with Gasteiger partial charge in [-0.05, 0) is 12.1 Å². The highest BCUT2D eigenvalue weighted by atomic mass is 32.2. The van der Waals surface area contributed by atoms with E-state index in [2.05, 4.69) is 10.3 Å². The summed E-state index contributed by atoms with van der Waals surface area (Å²) in [5.74, 6) is 1.29. The molecule has 13 heavy (non-hydrogen) atoms. The van der Waals surface area contributed by atoms with Crippen molar-refractivity contribution in [3.63, 3.8) is 0 Å². The van der Waals surface area contributed by atoms with Gasteiger partial charge in [0.2, 0.25) is 0 Å². The predicted octanol–water partition coefficient (Wildman–Crippen LogP) is 1.91. The SMILES string of the molecule is Oc1ccccc1NC1=NCCS1. The van der Waals surface area contributed by atoms with E-state index in [1.165, 1.54) is 0 Å². The van der Waals surface area contributed by atoms with Crippen LogP contribution < -0.4 is 5.32 Å². The number of nitrogens with one attached hydrogen (secondary N) is 1. The quantitative estimate of drug-likeness (QED) is 0.671. The van der Waals surface area contributed by atoms with E-state index in [1.54, 1.807) is 23.9 Å². The number of benzene rings is 1. The molecule has 4 heteroatoms. The monoisotopic (exact) mass is 194 g/mol. The lowest BCUT2D eigenvalue weighted by molar-refractivity contribution is 0.478. The molecule has 0 saturated heterocycles. The molecule has 0 aromatic heterocycles. The highest BCUT2D eigenvalue weighted by molar-refractivity contribution is 8.14. The average molecular weight is 194 g/mol. The zero-order chi connectivity index (χ0) is 9.10. The van der Waals surface area contributed by atoms with E-state index >= 15 is 0 Å². The maximum atomic E-state index is 9.44. The number of hydrogen-bond donors (Lipinski definition) is 2. The van der Waals surface area contributed by atoms with Crippen LogP contribution in [0.4, 0.5) is 5.69 Å². The number of hydrogen-bond acceptors (Lipinski definition) is 4. The van der Waals surface area contributed by atoms with Crippen molar-refractivity contribution in [2.45, 2.75) is 0 Å². The molecule has 3 nitrogen and oxygen atoms in total. The lowest BCUT2D eigenvalue weighted by atomic mass is 10.3. The molecule has 0 unspecified atom stereocenters. The molecule has 2 rings (SSSR count). The summed E-state index contributed by atoms with van der Waals surface area (Å²) in [6.45, 7) is 0.862. The van der Waals surface area contributed by atoms with E-state index in [0.29, 0.717) is 0 Å². The summed E-state index contributed by atoms with van der Waals surface area (Å²) in [4.78, 5) is 4.23. The zero-order valence-corrected chi connectivity index (χ0v) is 7.84. The van der Waals surface area contributed by atoms with E-state index in [0.717, 1.165) is 23.2 Å². The fourth-order valence-corrected chi connectivity index (χ4v) is 1.85. The van der Waals surface area contributed by atoms with Crippen LogP contribution in [0.3, 0.4) is 0 Å². The first-order valence-electron chi connectivity index (χ1n) is 4.08. The number of para-hydroxylation sites is 2. The molecule has 68 valence electrons. The van der Waals surface area contributed by atoms with Gasteiger partial charge in [-0.25, -0.2) is 0 Å². The predicted molar refractivity (Wildman–Crippen MR) is 56.5 cm³/mol. The second-order valence-electron chi connectivity index (χ2n) is 2.68. The van der Waals surface area contributed by atoms with Crippen LogP contribution in [0.5, 0.6) is 5.75 Å². The Morgan fingerprint density at radius 2 is 2.23 bits per heavy atom. The van der Waals surface area contributed by atoms with Crippen molar-refractivity contribution < 1.29 is 5.11 Å². The van der Waals surface area contributed by atoms with Gasteiger partial charge in [0.15, 0.2) is 5.17 Å². The van der Waals surface area contributed by atoms with Crippen LogP contribution >= 0.6 is 11.8 Å². The van der Waals surface area contributed by atoms with Crippen LogP contribution in [0.1, 0.15) is 0 Å². The van der Waals surface area contributed by atoms with E-state index < -0.39 is 0 Å². The standard InChI is InChI=1S/C9H10N2OS/c12-8-4-2-1-3-7(8)11-9-10-5-6-13-9/h1-4,12H,5-6H2,(H,10,11). The van der Waals surface area contributed by atoms with Gasteiger partial charge in [0.05, 0.1) is 12.2 Å². The highest BCUT2D eigenvalue weighted by Gasteiger charge is 2.08. The summed E-state index contributed by atoms with van der Waals surface area (Å²) in [6, 6.07) is 7.16. The number of rotatable bonds is 1. The van der Waals surface area contributed by atoms with Crippen molar-refractivity contribution in [1.29, 1.82) is 0 Å². The third-order valence-corrected chi connectivity index (χ3v) is 2.62. The lowest BCUT2D eigenvalue weighted by Gasteiger charge is -2.05. The number of aliphatic imine (C=N–C) groups is 1. The van der Waals surface area contributed by atoms with Crippen LogP contribution in [-0.4, -0.2) is 22.6 Å². The van der Waals surface area contributed by atoms with Gasteiger partial charge >= 0.3 is 0 Å². The minimum atomic E-state index is 0.262. The molecule has 2 N–H and O–H groups in total. The van der Waals surface area contributed by atoms with Crippen LogP contribution in [0, 0.1) is 0 Å². The molecule has 0 saturated carbocycles. The Morgan fingerprint density at radius 3 is 2.92 bits per heavy atom. The van der Waals surface area contributed by atoms with E-state index in [-0.39, 0.29) is 5.75 Å². The molecular weight excluding hydrogens is 184 g/mol. The first-order valence-corrected chi connectivity index (χ1v) is 5.07. The minimum Gasteiger partial charge on any atom is -0.506 e. The molecule has 0 radical (unpaired) electrons. The molecular formula is C9H10N2OS. The third-order valence-electron chi connectivity index (χ3n) is 1.73. The van der Waals surface area contributed by atoms with Crippen molar-refractivity contribution in [3.8, 4) is 5.75 Å². The van der Waals surface area contributed by atoms with Crippen molar-refractivity contribution >= 4 is 22.6 Å². The van der Waals surface area contributed by atoms with Gasteiger partial charge in [-0.2, -0.15) is 0 Å². The number of thioether (sulfide) groups is 1. The molecule has 0 atom stereocenters. The Kier molecular flexibility index (Phi) is 2.40. The zero-order valence-electron chi connectivity index (χ0n) is 7.03. The van der Waals surface area contributed by atoms with Gasteiger partial charge in [0, 0.05) is 5.75 Å². The molecule has 1 aliphatic heterocycles. The number of anilines is 1. The Hall–Kier alpha value is -1.16. The summed E-state index contributed by atoms with van der Waals surface area (Å²) in [5.41, 5.74) is 0.718. The molecule has 0 amide bonds. The largest absolute Gasteiger partial charge is 0.506 e. The number of nitrogens with zero attached hydrogens (tertiary/aromatic N) is 1. The Bertz CT molecular complexity index is 338. The summed E-state index contributed by atoms with van der Waals surface area (Å²) in [5, 5.41) is 13.4. The maximum absolute atomic E-state index is 9.44. The average Bonchev–Trinajstić information content (AvgIpc) is 2.61. The van der Waals surface area contributed by atoms with Crippen LogP contribution in [0.2, 0.25) is 0 Å². The highest BCUT2D eigenvalue weighted by Crippen LogP contribution is 2.24. The summed E-state index contributed by atoms with van der Waals surface area (Å²) in [6.07, 6.45) is 0. The van der Waals surface area contributed by atoms with Crippen LogP contribution in [-0.2, 0) is 0 Å². The second kappa shape index (κ2) is 3.70. The molecule has 0 aliphatic carbocycles. The first kappa shape index (κ1) is 8.44. The van der Waals surface area contributed by atoms with Crippen molar-refractivity contribution in [2.24, 2.45) is 4.99 Å². The second-order valence-corrected chi connectivity index (χ2v) is 3.76. The number of aromatic hydroxyl groups is 1. The first-order chi connectivity index (χ1) is 6.36. The molecule has 1 aromatic carbocycles. The molecule has 1 aromatic rings. The smallest absolute Gasteiger partial charge is 0.161 e. The Morgan fingerprint density at radius 1 is 1.38 bits per heavy atom. The fraction of sp³-hybridized carbons (Fsp3) is 0.222. The van der Waals surface area contributed by atoms with E-state index in [1.807, 2.05) is 12.1 Å². The van der Waals surface area contributed by atoms with Gasteiger partial charge in [0.1, 0.15) is 5.75 Å². The van der Waals surface area contributed by atoms with Gasteiger partial charge in [-0.1, -0.05) is 23.9 Å². The van der Waals surface area contributed by atoms with Gasteiger partial charge in [-0.15, -0.1) is 0 Å². The van der Waals surface area contributed by atoms with E-state index in [9.17, 15) is 5.11 Å². The number of phenols is 1.